The van der Waals surface area contributed by atoms with Crippen molar-refractivity contribution in [3.63, 3.8) is 0 Å². The van der Waals surface area contributed by atoms with Gasteiger partial charge < -0.3 is 10.2 Å². The number of para-hydroxylation sites is 2. The molecule has 7 heteroatoms. The number of anilines is 3. The van der Waals surface area contributed by atoms with Crippen LogP contribution in [0.1, 0.15) is 0 Å². The van der Waals surface area contributed by atoms with Crippen molar-refractivity contribution in [2.24, 2.45) is 0 Å². The second-order valence-corrected chi connectivity index (χ2v) is 5.39. The van der Waals surface area contributed by atoms with Gasteiger partial charge in [0.2, 0.25) is 5.91 Å². The Kier molecular flexibility index (Phi) is 3.46. The molecule has 1 amide bonds. The topological polar surface area (TPSA) is 45.2 Å². The molecule has 0 radical (unpaired) electrons. The summed E-state index contributed by atoms with van der Waals surface area (Å²) in [5.41, 5.74) is 1.51. The van der Waals surface area contributed by atoms with E-state index in [4.69, 9.17) is 34.8 Å². The highest BCUT2D eigenvalue weighted by atomic mass is 35.5. The molecule has 0 fully saturated rings. The van der Waals surface area contributed by atoms with Crippen molar-refractivity contribution in [1.29, 1.82) is 0 Å². The number of rotatable bonds is 1. The normalized spacial score (nSPS) is 13.9. The number of aromatic nitrogens is 1. The van der Waals surface area contributed by atoms with Gasteiger partial charge in [-0.15, -0.1) is 0 Å². The lowest BCUT2D eigenvalue weighted by molar-refractivity contribution is -0.115. The number of benzene rings is 1. The van der Waals surface area contributed by atoms with Crippen molar-refractivity contribution in [3.8, 4) is 0 Å². The lowest BCUT2D eigenvalue weighted by Crippen LogP contribution is -2.35. The first-order valence-electron chi connectivity index (χ1n) is 5.74. The van der Waals surface area contributed by atoms with E-state index in [1.54, 1.807) is 4.90 Å². The maximum Gasteiger partial charge on any atom is 0.244 e. The molecule has 2 heterocycles. The van der Waals surface area contributed by atoms with Gasteiger partial charge in [-0.3, -0.25) is 4.79 Å². The third kappa shape index (κ3) is 2.30. The average molecular weight is 329 g/mol. The minimum Gasteiger partial charge on any atom is -0.323 e. The second-order valence-electron chi connectivity index (χ2n) is 4.22. The molecular formula is C13H8Cl3N3O. The van der Waals surface area contributed by atoms with Crippen LogP contribution in [0.15, 0.2) is 30.3 Å². The molecule has 20 heavy (non-hydrogen) atoms. The predicted molar refractivity (Wildman–Crippen MR) is 81.3 cm³/mol. The number of carbonyl (C=O) groups is 1. The average Bonchev–Trinajstić information content (AvgIpc) is 2.42. The van der Waals surface area contributed by atoms with Crippen LogP contribution in [0.25, 0.3) is 0 Å². The van der Waals surface area contributed by atoms with E-state index in [-0.39, 0.29) is 22.6 Å². The number of pyridine rings is 1. The van der Waals surface area contributed by atoms with Gasteiger partial charge in [0.1, 0.15) is 11.7 Å². The minimum atomic E-state index is -0.146. The van der Waals surface area contributed by atoms with Crippen LogP contribution in [0.5, 0.6) is 0 Å². The quantitative estimate of drug-likeness (QED) is 0.801. The molecule has 2 aromatic rings. The van der Waals surface area contributed by atoms with Gasteiger partial charge in [-0.2, -0.15) is 0 Å². The first-order valence-corrected chi connectivity index (χ1v) is 6.87. The Balaban J connectivity index is 2.15. The molecule has 0 saturated heterocycles. The predicted octanol–water partition coefficient (Wildman–Crippen LogP) is 4.13. The molecule has 0 spiro atoms. The number of carbonyl (C=O) groups excluding carboxylic acids is 1. The molecule has 0 unspecified atom stereocenters. The van der Waals surface area contributed by atoms with Crippen LogP contribution in [0, 0.1) is 0 Å². The molecule has 1 aromatic heterocycles. The number of hydrogen-bond acceptors (Lipinski definition) is 3. The molecule has 0 aliphatic carbocycles. The maximum atomic E-state index is 11.8. The summed E-state index contributed by atoms with van der Waals surface area (Å²) in [6.45, 7) is 0.113. The zero-order valence-electron chi connectivity index (χ0n) is 10.0. The fraction of sp³-hybridized carbons (Fsp3) is 0.0769. The van der Waals surface area contributed by atoms with Crippen molar-refractivity contribution in [2.45, 2.75) is 0 Å². The van der Waals surface area contributed by atoms with E-state index in [1.807, 2.05) is 24.3 Å². The molecule has 0 saturated carbocycles. The molecule has 1 aliphatic heterocycles. The fourth-order valence-electron chi connectivity index (χ4n) is 2.05. The Hall–Kier alpha value is -1.49. The van der Waals surface area contributed by atoms with Gasteiger partial charge in [0.05, 0.1) is 21.4 Å². The van der Waals surface area contributed by atoms with Crippen LogP contribution in [-0.2, 0) is 4.79 Å². The summed E-state index contributed by atoms with van der Waals surface area (Å²) in [5, 5.41) is 3.55. The lowest BCUT2D eigenvalue weighted by atomic mass is 10.2. The zero-order chi connectivity index (χ0) is 14.3. The second kappa shape index (κ2) is 5.13. The van der Waals surface area contributed by atoms with Gasteiger partial charge in [-0.25, -0.2) is 4.98 Å². The summed E-state index contributed by atoms with van der Waals surface area (Å²) in [5.74, 6) is 0.260. The largest absolute Gasteiger partial charge is 0.323 e. The molecule has 1 aliphatic rings. The maximum absolute atomic E-state index is 11.8. The van der Waals surface area contributed by atoms with Gasteiger partial charge in [0, 0.05) is 0 Å². The molecule has 0 bridgehead atoms. The summed E-state index contributed by atoms with van der Waals surface area (Å²) in [4.78, 5) is 17.7. The Labute approximate surface area is 130 Å². The highest BCUT2D eigenvalue weighted by Crippen LogP contribution is 2.39. The minimum absolute atomic E-state index is 0.113. The standard InChI is InChI=1S/C13H8Cl3N3O/c14-7-5-8(15)13(18-12(7)16)19-6-11(20)17-9-3-1-2-4-10(9)19/h1-5H,6H2,(H,17,20). The van der Waals surface area contributed by atoms with E-state index in [9.17, 15) is 4.79 Å². The van der Waals surface area contributed by atoms with E-state index in [0.717, 1.165) is 5.69 Å². The number of halogens is 3. The Morgan fingerprint density at radius 2 is 1.90 bits per heavy atom. The molecular weight excluding hydrogens is 321 g/mol. The number of hydrogen-bond donors (Lipinski definition) is 1. The molecule has 3 rings (SSSR count). The Bertz CT molecular complexity index is 705. The van der Waals surface area contributed by atoms with Crippen LogP contribution in [-0.4, -0.2) is 17.4 Å². The monoisotopic (exact) mass is 327 g/mol. The molecule has 1 aromatic carbocycles. The van der Waals surface area contributed by atoms with E-state index >= 15 is 0 Å². The smallest absolute Gasteiger partial charge is 0.244 e. The van der Waals surface area contributed by atoms with Gasteiger partial charge in [-0.05, 0) is 18.2 Å². The lowest BCUT2D eigenvalue weighted by Gasteiger charge is -2.30. The van der Waals surface area contributed by atoms with Crippen molar-refractivity contribution in [2.75, 3.05) is 16.8 Å². The van der Waals surface area contributed by atoms with Crippen LogP contribution in [0.2, 0.25) is 15.2 Å². The number of fused-ring (bicyclic) bond motifs is 1. The van der Waals surface area contributed by atoms with Crippen molar-refractivity contribution >= 4 is 57.9 Å². The number of nitrogens with zero attached hydrogens (tertiary/aromatic N) is 2. The van der Waals surface area contributed by atoms with Crippen molar-refractivity contribution < 1.29 is 4.79 Å². The molecule has 102 valence electrons. The third-order valence-electron chi connectivity index (χ3n) is 2.89. The highest BCUT2D eigenvalue weighted by Gasteiger charge is 2.26. The van der Waals surface area contributed by atoms with Crippen LogP contribution < -0.4 is 10.2 Å². The van der Waals surface area contributed by atoms with E-state index < -0.39 is 0 Å². The molecule has 0 atom stereocenters. The summed E-state index contributed by atoms with van der Waals surface area (Å²) in [7, 11) is 0. The van der Waals surface area contributed by atoms with Gasteiger partial charge in [-0.1, -0.05) is 46.9 Å². The van der Waals surface area contributed by atoms with Crippen LogP contribution >= 0.6 is 34.8 Å². The number of nitrogens with one attached hydrogen (secondary N) is 1. The summed E-state index contributed by atoms with van der Waals surface area (Å²) >= 11 is 18.0. The third-order valence-corrected chi connectivity index (χ3v) is 3.85. The fourth-order valence-corrected chi connectivity index (χ4v) is 2.64. The summed E-state index contributed by atoms with van der Waals surface area (Å²) < 4.78 is 0. The van der Waals surface area contributed by atoms with E-state index in [0.29, 0.717) is 16.5 Å². The number of amides is 1. The van der Waals surface area contributed by atoms with E-state index in [1.165, 1.54) is 6.07 Å². The highest BCUT2D eigenvalue weighted by molar-refractivity contribution is 6.43. The van der Waals surface area contributed by atoms with E-state index in [2.05, 4.69) is 10.3 Å². The molecule has 1 N–H and O–H groups in total. The van der Waals surface area contributed by atoms with Crippen molar-refractivity contribution in [3.05, 3.63) is 45.5 Å². The van der Waals surface area contributed by atoms with Crippen molar-refractivity contribution in [1.82, 2.24) is 4.98 Å². The summed E-state index contributed by atoms with van der Waals surface area (Å²) in [6.07, 6.45) is 0. The Morgan fingerprint density at radius 1 is 1.15 bits per heavy atom. The first-order chi connectivity index (χ1) is 9.56. The van der Waals surface area contributed by atoms with Gasteiger partial charge in [0.25, 0.3) is 0 Å². The zero-order valence-corrected chi connectivity index (χ0v) is 12.3. The van der Waals surface area contributed by atoms with Crippen LogP contribution in [0.3, 0.4) is 0 Å². The van der Waals surface area contributed by atoms with Gasteiger partial charge in [0.15, 0.2) is 5.82 Å². The Morgan fingerprint density at radius 3 is 2.70 bits per heavy atom. The summed E-state index contributed by atoms with van der Waals surface area (Å²) in [6, 6.07) is 8.91. The van der Waals surface area contributed by atoms with Crippen LogP contribution in [0.4, 0.5) is 17.2 Å². The van der Waals surface area contributed by atoms with Gasteiger partial charge >= 0.3 is 0 Å². The first kappa shape index (κ1) is 13.5. The SMILES string of the molecule is O=C1CN(c2nc(Cl)c(Cl)cc2Cl)c2ccccc2N1. The molecule has 4 nitrogen and oxygen atoms in total.